The lowest BCUT2D eigenvalue weighted by atomic mass is 9.99. The maximum atomic E-state index is 12.8. The summed E-state index contributed by atoms with van der Waals surface area (Å²) in [6.45, 7) is 1.30. The fourth-order valence-corrected chi connectivity index (χ4v) is 3.35. The number of benzene rings is 3. The summed E-state index contributed by atoms with van der Waals surface area (Å²) in [5.41, 5.74) is 4.32. The second-order valence-electron chi connectivity index (χ2n) is 6.70. The Morgan fingerprint density at radius 2 is 1.64 bits per heavy atom. The average Bonchev–Trinajstić information content (AvgIpc) is 3.16. The lowest BCUT2D eigenvalue weighted by Crippen LogP contribution is -2.27. The Morgan fingerprint density at radius 1 is 0.929 bits per heavy atom. The Labute approximate surface area is 164 Å². The number of carbonyl (C=O) groups is 2. The van der Waals surface area contributed by atoms with Crippen LogP contribution in [0.15, 0.2) is 78.9 Å². The van der Waals surface area contributed by atoms with E-state index in [1.165, 1.54) is 0 Å². The normalized spacial score (nSPS) is 13.3. The summed E-state index contributed by atoms with van der Waals surface area (Å²) >= 11 is 0. The van der Waals surface area contributed by atoms with Crippen molar-refractivity contribution in [2.24, 2.45) is 0 Å². The minimum atomic E-state index is -0.141. The van der Waals surface area contributed by atoms with Crippen molar-refractivity contribution in [1.82, 2.24) is 5.32 Å². The average molecular weight is 371 g/mol. The first-order valence-electron chi connectivity index (χ1n) is 9.29. The van der Waals surface area contributed by atoms with Crippen molar-refractivity contribution in [3.8, 4) is 0 Å². The molecule has 28 heavy (non-hydrogen) atoms. The molecular weight excluding hydrogens is 350 g/mol. The first-order chi connectivity index (χ1) is 13.7. The van der Waals surface area contributed by atoms with Crippen molar-refractivity contribution in [2.75, 3.05) is 23.3 Å². The van der Waals surface area contributed by atoms with Crippen LogP contribution in [0.3, 0.4) is 0 Å². The fraction of sp³-hybridized carbons (Fsp3) is 0.130. The molecule has 0 unspecified atom stereocenters. The third-order valence-electron chi connectivity index (χ3n) is 4.79. The molecule has 3 amide bonds. The van der Waals surface area contributed by atoms with E-state index >= 15 is 0 Å². The number of hydrogen-bond donors (Lipinski definition) is 2. The Hall–Kier alpha value is -3.60. The molecule has 140 valence electrons. The second-order valence-corrected chi connectivity index (χ2v) is 6.70. The summed E-state index contributed by atoms with van der Waals surface area (Å²) in [6, 6.07) is 25.0. The molecule has 2 N–H and O–H groups in total. The topological polar surface area (TPSA) is 61.4 Å². The van der Waals surface area contributed by atoms with E-state index in [4.69, 9.17) is 0 Å². The number of amides is 3. The Balaban J connectivity index is 1.49. The lowest BCUT2D eigenvalue weighted by molar-refractivity contribution is 0.102. The molecule has 0 atom stereocenters. The molecule has 3 aromatic carbocycles. The summed E-state index contributed by atoms with van der Waals surface area (Å²) < 4.78 is 0. The van der Waals surface area contributed by atoms with Crippen molar-refractivity contribution >= 4 is 23.3 Å². The molecule has 1 aliphatic heterocycles. The van der Waals surface area contributed by atoms with Crippen molar-refractivity contribution in [3.63, 3.8) is 0 Å². The molecule has 0 aromatic heterocycles. The number of carbonyl (C=O) groups excluding carboxylic acids is 2. The van der Waals surface area contributed by atoms with Gasteiger partial charge < -0.3 is 10.6 Å². The Morgan fingerprint density at radius 3 is 2.36 bits per heavy atom. The van der Waals surface area contributed by atoms with Gasteiger partial charge in [-0.15, -0.1) is 0 Å². The number of anilines is 2. The molecule has 0 aliphatic carbocycles. The van der Waals surface area contributed by atoms with Gasteiger partial charge in [0.15, 0.2) is 0 Å². The van der Waals surface area contributed by atoms with Crippen LogP contribution in [0.25, 0.3) is 0 Å². The molecule has 0 radical (unpaired) electrons. The van der Waals surface area contributed by atoms with Gasteiger partial charge in [0, 0.05) is 30.0 Å². The molecule has 4 rings (SSSR count). The molecule has 1 heterocycles. The van der Waals surface area contributed by atoms with E-state index < -0.39 is 0 Å². The van der Waals surface area contributed by atoms with Gasteiger partial charge in [0.2, 0.25) is 0 Å². The zero-order valence-electron chi connectivity index (χ0n) is 15.4. The van der Waals surface area contributed by atoms with Crippen molar-refractivity contribution in [3.05, 3.63) is 95.6 Å². The molecule has 0 bridgehead atoms. The maximum absolute atomic E-state index is 12.8. The smallest absolute Gasteiger partial charge is 0.321 e. The van der Waals surface area contributed by atoms with Crippen LogP contribution in [0.5, 0.6) is 0 Å². The van der Waals surface area contributed by atoms with Gasteiger partial charge in [0.25, 0.3) is 5.91 Å². The SMILES string of the molecule is O=C(Nc1ccc(N2CCNC2=O)cc1)c1ccccc1Cc1ccccc1. The van der Waals surface area contributed by atoms with E-state index in [2.05, 4.69) is 22.8 Å². The van der Waals surface area contributed by atoms with Gasteiger partial charge >= 0.3 is 6.03 Å². The van der Waals surface area contributed by atoms with Gasteiger partial charge in [0.05, 0.1) is 0 Å². The third-order valence-corrected chi connectivity index (χ3v) is 4.79. The molecular formula is C23H21N3O2. The number of urea groups is 1. The largest absolute Gasteiger partial charge is 0.336 e. The highest BCUT2D eigenvalue weighted by atomic mass is 16.2. The van der Waals surface area contributed by atoms with E-state index in [-0.39, 0.29) is 11.9 Å². The molecule has 5 nitrogen and oxygen atoms in total. The van der Waals surface area contributed by atoms with Crippen LogP contribution in [0.2, 0.25) is 0 Å². The molecule has 1 aliphatic rings. The summed E-state index contributed by atoms with van der Waals surface area (Å²) in [4.78, 5) is 26.3. The van der Waals surface area contributed by atoms with E-state index in [1.54, 1.807) is 4.90 Å². The first kappa shape index (κ1) is 17.8. The molecule has 1 saturated heterocycles. The summed E-state index contributed by atoms with van der Waals surface area (Å²) in [5.74, 6) is -0.141. The summed E-state index contributed by atoms with van der Waals surface area (Å²) in [7, 11) is 0. The highest BCUT2D eigenvalue weighted by Crippen LogP contribution is 2.21. The predicted octanol–water partition coefficient (Wildman–Crippen LogP) is 4.06. The van der Waals surface area contributed by atoms with Gasteiger partial charge in [-0.05, 0) is 47.9 Å². The molecule has 0 saturated carbocycles. The molecule has 5 heteroatoms. The monoisotopic (exact) mass is 371 g/mol. The number of nitrogens with zero attached hydrogens (tertiary/aromatic N) is 1. The van der Waals surface area contributed by atoms with E-state index in [1.807, 2.05) is 66.7 Å². The summed E-state index contributed by atoms with van der Waals surface area (Å²) in [5, 5.41) is 5.74. The van der Waals surface area contributed by atoms with E-state index in [9.17, 15) is 9.59 Å². The quantitative estimate of drug-likeness (QED) is 0.710. The van der Waals surface area contributed by atoms with Crippen molar-refractivity contribution < 1.29 is 9.59 Å². The Kier molecular flexibility index (Phi) is 5.06. The van der Waals surface area contributed by atoms with Crippen LogP contribution in [-0.4, -0.2) is 25.0 Å². The lowest BCUT2D eigenvalue weighted by Gasteiger charge is -2.15. The van der Waals surface area contributed by atoms with Crippen LogP contribution in [0, 0.1) is 0 Å². The van der Waals surface area contributed by atoms with Crippen LogP contribution in [0.1, 0.15) is 21.5 Å². The minimum Gasteiger partial charge on any atom is -0.336 e. The van der Waals surface area contributed by atoms with Crippen LogP contribution in [-0.2, 0) is 6.42 Å². The zero-order chi connectivity index (χ0) is 19.3. The predicted molar refractivity (Wildman–Crippen MR) is 111 cm³/mol. The number of nitrogens with one attached hydrogen (secondary N) is 2. The Bertz CT molecular complexity index is 984. The van der Waals surface area contributed by atoms with Gasteiger partial charge in [-0.2, -0.15) is 0 Å². The summed E-state index contributed by atoms with van der Waals surface area (Å²) in [6.07, 6.45) is 0.702. The van der Waals surface area contributed by atoms with Crippen molar-refractivity contribution in [2.45, 2.75) is 6.42 Å². The molecule has 3 aromatic rings. The van der Waals surface area contributed by atoms with Crippen LogP contribution >= 0.6 is 0 Å². The van der Waals surface area contributed by atoms with E-state index in [0.29, 0.717) is 30.8 Å². The van der Waals surface area contributed by atoms with Gasteiger partial charge in [-0.3, -0.25) is 9.69 Å². The van der Waals surface area contributed by atoms with Crippen molar-refractivity contribution in [1.29, 1.82) is 0 Å². The van der Waals surface area contributed by atoms with Crippen LogP contribution in [0.4, 0.5) is 16.2 Å². The molecule has 0 spiro atoms. The maximum Gasteiger partial charge on any atom is 0.321 e. The second kappa shape index (κ2) is 7.96. The third kappa shape index (κ3) is 3.88. The standard InChI is InChI=1S/C23H21N3O2/c27-22(21-9-5-4-8-18(21)16-17-6-2-1-3-7-17)25-19-10-12-20(13-11-19)26-15-14-24-23(26)28/h1-13H,14-16H2,(H,24,28)(H,25,27). The minimum absolute atomic E-state index is 0.0911. The van der Waals surface area contributed by atoms with Gasteiger partial charge in [0.1, 0.15) is 0 Å². The van der Waals surface area contributed by atoms with Gasteiger partial charge in [-0.25, -0.2) is 4.79 Å². The van der Waals surface area contributed by atoms with Gasteiger partial charge in [-0.1, -0.05) is 48.5 Å². The highest BCUT2D eigenvalue weighted by molar-refractivity contribution is 6.05. The molecule has 1 fully saturated rings. The van der Waals surface area contributed by atoms with Crippen LogP contribution < -0.4 is 15.5 Å². The number of hydrogen-bond acceptors (Lipinski definition) is 2. The van der Waals surface area contributed by atoms with E-state index in [0.717, 1.165) is 16.8 Å². The fourth-order valence-electron chi connectivity index (χ4n) is 3.35. The zero-order valence-corrected chi connectivity index (χ0v) is 15.4. The first-order valence-corrected chi connectivity index (χ1v) is 9.29. The highest BCUT2D eigenvalue weighted by Gasteiger charge is 2.21. The number of rotatable bonds is 5.